The Morgan fingerprint density at radius 3 is 2.16 bits per heavy atom. The number of nitrogens with one attached hydrogen (secondary N) is 3. The van der Waals surface area contributed by atoms with E-state index in [2.05, 4.69) is 25.3 Å². The van der Waals surface area contributed by atoms with Gasteiger partial charge in [0.15, 0.2) is 5.96 Å². The van der Waals surface area contributed by atoms with Gasteiger partial charge in [-0.05, 0) is 36.5 Å². The number of nitrogens with zero attached hydrogens (tertiary/aromatic N) is 2. The molecule has 0 bridgehead atoms. The number of pyridine rings is 1. The van der Waals surface area contributed by atoms with Crippen LogP contribution in [0.1, 0.15) is 35.4 Å². The molecule has 2 rings (SSSR count). The van der Waals surface area contributed by atoms with E-state index in [9.17, 15) is 32.3 Å². The number of amidine groups is 1. The van der Waals surface area contributed by atoms with Crippen LogP contribution in [0.25, 0.3) is 0 Å². The average molecular weight is 608 g/mol. The molecular weight excluding hydrogens is 575 g/mol. The van der Waals surface area contributed by atoms with Gasteiger partial charge in [-0.1, -0.05) is 30.3 Å². The van der Waals surface area contributed by atoms with Crippen molar-refractivity contribution in [3.05, 3.63) is 65.5 Å². The number of hydrogen-bond donors (Lipinski definition) is 7. The van der Waals surface area contributed by atoms with E-state index in [0.717, 1.165) is 0 Å². The molecule has 1 heterocycles. The van der Waals surface area contributed by atoms with Gasteiger partial charge in [-0.3, -0.25) is 29.8 Å². The van der Waals surface area contributed by atoms with Crippen LogP contribution in [0.4, 0.5) is 13.2 Å². The van der Waals surface area contributed by atoms with E-state index in [4.69, 9.17) is 28.3 Å². The zero-order chi connectivity index (χ0) is 32.2. The van der Waals surface area contributed by atoms with E-state index < -0.39 is 54.5 Å². The molecule has 0 unspecified atom stereocenters. The molecule has 0 fully saturated rings. The van der Waals surface area contributed by atoms with Crippen molar-refractivity contribution in [2.24, 2.45) is 27.9 Å². The lowest BCUT2D eigenvalue weighted by atomic mass is 9.91. The van der Waals surface area contributed by atoms with Crippen LogP contribution < -0.4 is 33.6 Å². The fourth-order valence-electron chi connectivity index (χ4n) is 3.76. The van der Waals surface area contributed by atoms with Crippen LogP contribution in [-0.2, 0) is 30.3 Å². The van der Waals surface area contributed by atoms with Gasteiger partial charge in [-0.25, -0.2) is 4.79 Å². The smallest absolute Gasteiger partial charge is 0.456 e. The Morgan fingerprint density at radius 1 is 0.977 bits per heavy atom. The number of ether oxygens (including phenoxy) is 1. The van der Waals surface area contributed by atoms with Gasteiger partial charge in [-0.2, -0.15) is 13.2 Å². The number of rotatable bonds is 15. The van der Waals surface area contributed by atoms with Gasteiger partial charge in [0.2, 0.25) is 17.7 Å². The van der Waals surface area contributed by atoms with Crippen LogP contribution in [0, 0.1) is 5.41 Å². The van der Waals surface area contributed by atoms with Gasteiger partial charge < -0.3 is 38.3 Å². The fourth-order valence-corrected chi connectivity index (χ4v) is 3.76. The number of hydrogen-bond acceptors (Lipinski definition) is 8. The van der Waals surface area contributed by atoms with Crippen LogP contribution in [-0.4, -0.2) is 71.9 Å². The van der Waals surface area contributed by atoms with Gasteiger partial charge >= 0.3 is 12.1 Å². The highest BCUT2D eigenvalue weighted by Crippen LogP contribution is 2.22. The van der Waals surface area contributed by atoms with Crippen molar-refractivity contribution >= 4 is 35.5 Å². The summed E-state index contributed by atoms with van der Waals surface area (Å²) >= 11 is 0. The molecule has 0 saturated heterocycles. The van der Waals surface area contributed by atoms with Gasteiger partial charge in [0.25, 0.3) is 0 Å². The van der Waals surface area contributed by atoms with E-state index in [1.807, 2.05) is 0 Å². The number of esters is 1. The molecule has 17 heteroatoms. The Hall–Kier alpha value is -5.22. The third kappa shape index (κ3) is 11.3. The maximum Gasteiger partial charge on any atom is 0.490 e. The molecular formula is C26H32F3N9O5. The first-order chi connectivity index (χ1) is 20.2. The molecule has 0 aliphatic rings. The average Bonchev–Trinajstić information content (AvgIpc) is 2.94. The highest BCUT2D eigenvalue weighted by atomic mass is 19.4. The molecule has 1 aromatic heterocycles. The lowest BCUT2D eigenvalue weighted by Crippen LogP contribution is -2.55. The molecule has 14 nitrogen and oxygen atoms in total. The molecule has 0 saturated carbocycles. The quantitative estimate of drug-likeness (QED) is 0.0584. The van der Waals surface area contributed by atoms with Crippen molar-refractivity contribution in [2.75, 3.05) is 13.2 Å². The number of amides is 3. The SMILES string of the molecule is N=C(N)c1ccc(C[C@H](C(=O)N[C@@H](COC(=O)C(F)(F)F)C(=O)N[C@@H](CCCN=C(N)N)C(N)=O)c2cccnc2)cc1. The number of nitrogen functional groups attached to an aromatic ring is 1. The van der Waals surface area contributed by atoms with Crippen molar-refractivity contribution in [1.82, 2.24) is 15.6 Å². The van der Waals surface area contributed by atoms with Crippen LogP contribution in [0.15, 0.2) is 53.8 Å². The first kappa shape index (κ1) is 34.0. The van der Waals surface area contributed by atoms with Gasteiger partial charge in [-0.15, -0.1) is 0 Å². The molecule has 2 aromatic rings. The molecule has 0 aliphatic carbocycles. The van der Waals surface area contributed by atoms with Crippen LogP contribution in [0.3, 0.4) is 0 Å². The van der Waals surface area contributed by atoms with Crippen molar-refractivity contribution in [1.29, 1.82) is 5.41 Å². The fraction of sp³-hybridized carbons (Fsp3) is 0.346. The van der Waals surface area contributed by atoms with Gasteiger partial charge in [0.1, 0.15) is 24.5 Å². The minimum Gasteiger partial charge on any atom is -0.456 e. The number of aliphatic imine (C=N–C) groups is 1. The van der Waals surface area contributed by atoms with E-state index in [-0.39, 0.29) is 37.6 Å². The van der Waals surface area contributed by atoms with Gasteiger partial charge in [0, 0.05) is 24.5 Å². The van der Waals surface area contributed by atoms with Crippen molar-refractivity contribution in [3.8, 4) is 0 Å². The molecule has 3 amide bonds. The van der Waals surface area contributed by atoms with E-state index in [1.165, 1.54) is 12.4 Å². The maximum atomic E-state index is 13.5. The van der Waals surface area contributed by atoms with Crippen molar-refractivity contribution < 1.29 is 37.1 Å². The molecule has 1 aromatic carbocycles. The third-order valence-electron chi connectivity index (χ3n) is 5.96. The third-order valence-corrected chi connectivity index (χ3v) is 5.96. The minimum absolute atomic E-state index is 0.0427. The molecule has 3 atom stereocenters. The van der Waals surface area contributed by atoms with Gasteiger partial charge in [0.05, 0.1) is 5.92 Å². The Bertz CT molecular complexity index is 1320. The largest absolute Gasteiger partial charge is 0.490 e. The summed E-state index contributed by atoms with van der Waals surface area (Å²) in [6.07, 6.45) is -2.32. The number of alkyl halides is 3. The second-order valence-electron chi connectivity index (χ2n) is 9.22. The van der Waals surface area contributed by atoms with Crippen LogP contribution >= 0.6 is 0 Å². The van der Waals surface area contributed by atoms with E-state index in [0.29, 0.717) is 16.7 Å². The van der Waals surface area contributed by atoms with Crippen molar-refractivity contribution in [2.45, 2.75) is 43.4 Å². The normalized spacial score (nSPS) is 13.1. The first-order valence-corrected chi connectivity index (χ1v) is 12.7. The molecule has 0 aliphatic heterocycles. The summed E-state index contributed by atoms with van der Waals surface area (Å²) in [5.41, 5.74) is 22.8. The number of halogens is 3. The first-order valence-electron chi connectivity index (χ1n) is 12.7. The number of primary amides is 1. The summed E-state index contributed by atoms with van der Waals surface area (Å²) < 4.78 is 42.6. The molecule has 11 N–H and O–H groups in total. The number of guanidine groups is 1. The second kappa shape index (κ2) is 15.7. The number of benzene rings is 1. The van der Waals surface area contributed by atoms with Crippen molar-refractivity contribution in [3.63, 3.8) is 0 Å². The Kier molecular flexibility index (Phi) is 12.4. The summed E-state index contributed by atoms with van der Waals surface area (Å²) in [5, 5.41) is 12.1. The summed E-state index contributed by atoms with van der Waals surface area (Å²) in [4.78, 5) is 57.7. The molecule has 0 spiro atoms. The predicted molar refractivity (Wildman–Crippen MR) is 148 cm³/mol. The molecule has 0 radical (unpaired) electrons. The number of aromatic nitrogens is 1. The number of carbonyl (C=O) groups excluding carboxylic acids is 4. The Balaban J connectivity index is 2.31. The van der Waals surface area contributed by atoms with E-state index >= 15 is 0 Å². The highest BCUT2D eigenvalue weighted by molar-refractivity contribution is 5.95. The number of nitrogens with two attached hydrogens (primary N) is 4. The Labute approximate surface area is 243 Å². The summed E-state index contributed by atoms with van der Waals surface area (Å²) in [5.74, 6) is -6.90. The monoisotopic (exact) mass is 607 g/mol. The lowest BCUT2D eigenvalue weighted by Gasteiger charge is -2.24. The molecule has 43 heavy (non-hydrogen) atoms. The lowest BCUT2D eigenvalue weighted by molar-refractivity contribution is -0.200. The highest BCUT2D eigenvalue weighted by Gasteiger charge is 2.42. The molecule has 232 valence electrons. The number of carbonyl (C=O) groups is 4. The zero-order valence-electron chi connectivity index (χ0n) is 22.8. The maximum absolute atomic E-state index is 13.5. The summed E-state index contributed by atoms with van der Waals surface area (Å²) in [6.45, 7) is -1.12. The second-order valence-corrected chi connectivity index (χ2v) is 9.22. The predicted octanol–water partition coefficient (Wildman–Crippen LogP) is -0.694. The summed E-state index contributed by atoms with van der Waals surface area (Å²) in [7, 11) is 0. The van der Waals surface area contributed by atoms with E-state index in [1.54, 1.807) is 36.4 Å². The summed E-state index contributed by atoms with van der Waals surface area (Å²) in [6, 6.07) is 6.37. The topological polar surface area (TPSA) is 255 Å². The standard InChI is InChI=1S/C26H32F3N9O5/c27-26(28,29)24(42)43-13-19(23(41)37-18(21(32)39)4-2-10-36-25(33)34)38-22(40)17(16-3-1-9-35-12-16)11-14-5-7-15(8-6-14)20(30)31/h1,3,5-9,12,17-19H,2,4,10-11,13H2,(H3,30,31)(H2,32,39)(H,37,41)(H,38,40)(H4,33,34,36)/t17-,18-,19-/m0/s1. The Morgan fingerprint density at radius 2 is 1.63 bits per heavy atom. The van der Waals surface area contributed by atoms with Crippen LogP contribution in [0.5, 0.6) is 0 Å². The van der Waals surface area contributed by atoms with Crippen LogP contribution in [0.2, 0.25) is 0 Å². The minimum atomic E-state index is -5.36. The zero-order valence-corrected chi connectivity index (χ0v) is 22.8.